The average molecular weight is 230 g/mol. The van der Waals surface area contributed by atoms with E-state index in [9.17, 15) is 0 Å². The summed E-state index contributed by atoms with van der Waals surface area (Å²) in [4.78, 5) is 0. The Labute approximate surface area is 98.2 Å². The maximum absolute atomic E-state index is 5.56. The molecule has 1 rings (SSSR count). The van der Waals surface area contributed by atoms with Crippen LogP contribution in [0, 0.1) is 0 Å². The first-order valence-corrected chi connectivity index (χ1v) is 5.29. The molecule has 2 nitrogen and oxygen atoms in total. The largest absolute Gasteiger partial charge is 0.492 e. The molecule has 0 amide bonds. The highest BCUT2D eigenvalue weighted by molar-refractivity contribution is 5.85. The zero-order valence-corrected chi connectivity index (χ0v) is 10.1. The third-order valence-electron chi connectivity index (χ3n) is 2.15. The van der Waals surface area contributed by atoms with Crippen LogP contribution in [0.25, 0.3) is 0 Å². The van der Waals surface area contributed by atoms with E-state index in [4.69, 9.17) is 10.5 Å². The van der Waals surface area contributed by atoms with E-state index in [2.05, 4.69) is 19.1 Å². The van der Waals surface area contributed by atoms with Gasteiger partial charge in [0.05, 0.1) is 0 Å². The monoisotopic (exact) mass is 229 g/mol. The summed E-state index contributed by atoms with van der Waals surface area (Å²) in [5.41, 5.74) is 6.70. The van der Waals surface area contributed by atoms with Crippen LogP contribution in [0.5, 0.6) is 5.75 Å². The van der Waals surface area contributed by atoms with E-state index in [1.54, 1.807) is 0 Å². The first kappa shape index (κ1) is 14.3. The van der Waals surface area contributed by atoms with Gasteiger partial charge in [0, 0.05) is 6.54 Å². The van der Waals surface area contributed by atoms with Gasteiger partial charge in [0.15, 0.2) is 0 Å². The van der Waals surface area contributed by atoms with Crippen LogP contribution in [0.3, 0.4) is 0 Å². The van der Waals surface area contributed by atoms with E-state index < -0.39 is 0 Å². The van der Waals surface area contributed by atoms with Gasteiger partial charge in [-0.25, -0.2) is 0 Å². The van der Waals surface area contributed by atoms with Crippen LogP contribution in [0.4, 0.5) is 0 Å². The lowest BCUT2D eigenvalue weighted by Gasteiger charge is -2.09. The Kier molecular flexibility index (Phi) is 8.15. The summed E-state index contributed by atoms with van der Waals surface area (Å²) in [5.74, 6) is 0.992. The van der Waals surface area contributed by atoms with Gasteiger partial charge < -0.3 is 10.5 Å². The average Bonchev–Trinajstić information content (AvgIpc) is 2.24. The van der Waals surface area contributed by atoms with Crippen molar-refractivity contribution in [2.45, 2.75) is 26.2 Å². The molecule has 3 heteroatoms. The molecule has 1 aromatic carbocycles. The van der Waals surface area contributed by atoms with Crippen molar-refractivity contribution in [3.05, 3.63) is 29.8 Å². The number of rotatable bonds is 6. The Morgan fingerprint density at radius 1 is 1.27 bits per heavy atom. The van der Waals surface area contributed by atoms with Gasteiger partial charge in [-0.2, -0.15) is 0 Å². The van der Waals surface area contributed by atoms with Crippen LogP contribution in [-0.2, 0) is 6.42 Å². The molecule has 0 fully saturated rings. The van der Waals surface area contributed by atoms with Crippen LogP contribution in [-0.4, -0.2) is 13.2 Å². The number of unbranched alkanes of at least 4 members (excludes halogenated alkanes) is 1. The van der Waals surface area contributed by atoms with Gasteiger partial charge in [-0.1, -0.05) is 31.5 Å². The maximum atomic E-state index is 5.56. The molecule has 0 bridgehead atoms. The Morgan fingerprint density at radius 3 is 2.67 bits per heavy atom. The number of ether oxygens (including phenoxy) is 1. The van der Waals surface area contributed by atoms with Crippen molar-refractivity contribution in [1.82, 2.24) is 0 Å². The number of benzene rings is 1. The highest BCUT2D eigenvalue weighted by atomic mass is 35.5. The fourth-order valence-corrected chi connectivity index (χ4v) is 1.39. The zero-order chi connectivity index (χ0) is 10.2. The number of aryl methyl sites for hydroxylation is 1. The van der Waals surface area contributed by atoms with Crippen LogP contribution in [0.15, 0.2) is 24.3 Å². The van der Waals surface area contributed by atoms with Crippen LogP contribution < -0.4 is 10.5 Å². The predicted octanol–water partition coefficient (Wildman–Crippen LogP) is 2.79. The van der Waals surface area contributed by atoms with Gasteiger partial charge in [0.2, 0.25) is 0 Å². The third-order valence-corrected chi connectivity index (χ3v) is 2.15. The highest BCUT2D eigenvalue weighted by Crippen LogP contribution is 2.19. The second-order valence-electron chi connectivity index (χ2n) is 3.35. The number of hydrogen-bond acceptors (Lipinski definition) is 2. The number of hydrogen-bond donors (Lipinski definition) is 1. The number of para-hydroxylation sites is 1. The van der Waals surface area contributed by atoms with E-state index in [0.717, 1.165) is 12.2 Å². The summed E-state index contributed by atoms with van der Waals surface area (Å²) in [6.07, 6.45) is 3.52. The molecule has 0 radical (unpaired) electrons. The van der Waals surface area contributed by atoms with E-state index in [1.807, 2.05) is 12.1 Å². The third kappa shape index (κ3) is 5.05. The van der Waals surface area contributed by atoms with Crippen molar-refractivity contribution >= 4 is 12.4 Å². The molecule has 2 N–H and O–H groups in total. The molecule has 0 aliphatic rings. The minimum Gasteiger partial charge on any atom is -0.492 e. The quantitative estimate of drug-likeness (QED) is 0.814. The minimum absolute atomic E-state index is 0. The molecule has 1 aromatic rings. The van der Waals surface area contributed by atoms with Crippen molar-refractivity contribution in [1.29, 1.82) is 0 Å². The normalized spacial score (nSPS) is 9.47. The Hall–Kier alpha value is -0.730. The molecule has 15 heavy (non-hydrogen) atoms. The molecule has 86 valence electrons. The molecule has 0 saturated heterocycles. The van der Waals surface area contributed by atoms with E-state index >= 15 is 0 Å². The molecule has 0 unspecified atom stereocenters. The SMILES string of the molecule is CCCCc1ccccc1OCCN.Cl. The molecule has 0 aliphatic carbocycles. The number of halogens is 1. The van der Waals surface area contributed by atoms with Crippen molar-refractivity contribution in [2.75, 3.05) is 13.2 Å². The van der Waals surface area contributed by atoms with Gasteiger partial charge in [-0.05, 0) is 24.5 Å². The second kappa shape index (κ2) is 8.57. The van der Waals surface area contributed by atoms with Gasteiger partial charge in [-0.3, -0.25) is 0 Å². The standard InChI is InChI=1S/C12H19NO.ClH/c1-2-3-6-11-7-4-5-8-12(11)14-10-9-13;/h4-5,7-8H,2-3,6,9-10,13H2,1H3;1H. The first-order valence-electron chi connectivity index (χ1n) is 5.29. The molecule has 0 spiro atoms. The van der Waals surface area contributed by atoms with Gasteiger partial charge in [0.25, 0.3) is 0 Å². The van der Waals surface area contributed by atoms with Crippen molar-refractivity contribution in [3.63, 3.8) is 0 Å². The molecule has 0 saturated carbocycles. The van der Waals surface area contributed by atoms with Crippen LogP contribution in [0.2, 0.25) is 0 Å². The lowest BCUT2D eigenvalue weighted by atomic mass is 10.1. The molecular weight excluding hydrogens is 210 g/mol. The van der Waals surface area contributed by atoms with Gasteiger partial charge >= 0.3 is 0 Å². The lowest BCUT2D eigenvalue weighted by Crippen LogP contribution is -2.11. The molecule has 0 aliphatic heterocycles. The van der Waals surface area contributed by atoms with Crippen LogP contribution >= 0.6 is 12.4 Å². The molecule has 0 aromatic heterocycles. The molecular formula is C12H20ClNO. The van der Waals surface area contributed by atoms with E-state index in [0.29, 0.717) is 13.2 Å². The van der Waals surface area contributed by atoms with E-state index in [-0.39, 0.29) is 12.4 Å². The van der Waals surface area contributed by atoms with Crippen molar-refractivity contribution in [2.24, 2.45) is 5.73 Å². The highest BCUT2D eigenvalue weighted by Gasteiger charge is 2.01. The van der Waals surface area contributed by atoms with Crippen molar-refractivity contribution < 1.29 is 4.74 Å². The zero-order valence-electron chi connectivity index (χ0n) is 9.24. The van der Waals surface area contributed by atoms with Crippen LogP contribution in [0.1, 0.15) is 25.3 Å². The number of nitrogens with two attached hydrogens (primary N) is 1. The fraction of sp³-hybridized carbons (Fsp3) is 0.500. The smallest absolute Gasteiger partial charge is 0.122 e. The summed E-state index contributed by atoms with van der Waals surface area (Å²) < 4.78 is 5.56. The maximum Gasteiger partial charge on any atom is 0.122 e. The van der Waals surface area contributed by atoms with Gasteiger partial charge in [-0.15, -0.1) is 12.4 Å². The molecule has 0 heterocycles. The first-order chi connectivity index (χ1) is 6.88. The second-order valence-corrected chi connectivity index (χ2v) is 3.35. The summed E-state index contributed by atoms with van der Waals surface area (Å²) in [6, 6.07) is 8.20. The topological polar surface area (TPSA) is 35.2 Å². The Morgan fingerprint density at radius 2 is 2.00 bits per heavy atom. The summed E-state index contributed by atoms with van der Waals surface area (Å²) in [5, 5.41) is 0. The Bertz CT molecular complexity index is 239. The summed E-state index contributed by atoms with van der Waals surface area (Å²) >= 11 is 0. The summed E-state index contributed by atoms with van der Waals surface area (Å²) in [6.45, 7) is 3.37. The van der Waals surface area contributed by atoms with Crippen molar-refractivity contribution in [3.8, 4) is 5.75 Å². The molecule has 0 atom stereocenters. The Balaban J connectivity index is 0.00000196. The van der Waals surface area contributed by atoms with E-state index in [1.165, 1.54) is 18.4 Å². The summed E-state index contributed by atoms with van der Waals surface area (Å²) in [7, 11) is 0. The minimum atomic E-state index is 0. The lowest BCUT2D eigenvalue weighted by molar-refractivity contribution is 0.324. The van der Waals surface area contributed by atoms with Gasteiger partial charge in [0.1, 0.15) is 12.4 Å². The fourth-order valence-electron chi connectivity index (χ4n) is 1.39. The predicted molar refractivity (Wildman–Crippen MR) is 66.9 cm³/mol.